The zero-order chi connectivity index (χ0) is 10.7. The summed E-state index contributed by atoms with van der Waals surface area (Å²) in [5, 5.41) is 12.4. The Bertz CT molecular complexity index is 462. The molecule has 4 nitrogen and oxygen atoms in total. The summed E-state index contributed by atoms with van der Waals surface area (Å²) in [5.41, 5.74) is 12.2. The average Bonchev–Trinajstić information content (AvgIpc) is 2.16. The van der Waals surface area contributed by atoms with Crippen LogP contribution >= 0.6 is 0 Å². The number of rotatable bonds is 1. The van der Waals surface area contributed by atoms with Gasteiger partial charge in [-0.3, -0.25) is 0 Å². The smallest absolute Gasteiger partial charge is 0.0999 e. The third kappa shape index (κ3) is 1.54. The SMILES string of the molecule is Cc1cc(N=[N+]=[N-])c(C#N)c(C)c1C. The molecule has 0 bridgehead atoms. The lowest BCUT2D eigenvalue weighted by molar-refractivity contribution is 1.23. The van der Waals surface area contributed by atoms with Crippen LogP contribution in [-0.2, 0) is 0 Å². The molecule has 0 N–H and O–H groups in total. The van der Waals surface area contributed by atoms with E-state index in [-0.39, 0.29) is 0 Å². The van der Waals surface area contributed by atoms with Gasteiger partial charge >= 0.3 is 0 Å². The summed E-state index contributed by atoms with van der Waals surface area (Å²) in [6.07, 6.45) is 0. The molecule has 0 fully saturated rings. The Balaban J connectivity index is 3.61. The first-order valence-corrected chi connectivity index (χ1v) is 4.17. The average molecular weight is 186 g/mol. The van der Waals surface area contributed by atoms with E-state index >= 15 is 0 Å². The largest absolute Gasteiger partial charge is 0.192 e. The fraction of sp³-hybridized carbons (Fsp3) is 0.300. The molecule has 0 amide bonds. The molecule has 0 spiro atoms. The monoisotopic (exact) mass is 186 g/mol. The molecule has 4 heteroatoms. The minimum absolute atomic E-state index is 0.413. The number of azide groups is 1. The van der Waals surface area contributed by atoms with Gasteiger partial charge in [0.1, 0.15) is 0 Å². The molecule has 70 valence electrons. The van der Waals surface area contributed by atoms with Crippen molar-refractivity contribution >= 4 is 5.69 Å². The van der Waals surface area contributed by atoms with Crippen molar-refractivity contribution in [1.29, 1.82) is 5.26 Å². The Morgan fingerprint density at radius 3 is 2.50 bits per heavy atom. The van der Waals surface area contributed by atoms with Gasteiger partial charge in [0.15, 0.2) is 0 Å². The van der Waals surface area contributed by atoms with E-state index in [0.29, 0.717) is 11.3 Å². The van der Waals surface area contributed by atoms with E-state index in [1.807, 2.05) is 20.8 Å². The lowest BCUT2D eigenvalue weighted by atomic mass is 9.98. The molecule has 0 aromatic heterocycles. The molecular weight excluding hydrogens is 176 g/mol. The molecule has 1 rings (SSSR count). The second-order valence-electron chi connectivity index (χ2n) is 3.14. The molecule has 1 aromatic rings. The fourth-order valence-corrected chi connectivity index (χ4v) is 1.33. The Morgan fingerprint density at radius 1 is 1.36 bits per heavy atom. The first kappa shape index (κ1) is 10.1. The van der Waals surface area contributed by atoms with Crippen molar-refractivity contribution in [2.24, 2.45) is 5.11 Å². The van der Waals surface area contributed by atoms with E-state index < -0.39 is 0 Å². The number of hydrogen-bond donors (Lipinski definition) is 0. The normalized spacial score (nSPS) is 9.00. The quantitative estimate of drug-likeness (QED) is 0.376. The van der Waals surface area contributed by atoms with Gasteiger partial charge in [0.05, 0.1) is 17.3 Å². The summed E-state index contributed by atoms with van der Waals surface area (Å²) >= 11 is 0. The Hall–Kier alpha value is -1.98. The van der Waals surface area contributed by atoms with Crippen LogP contribution in [0.1, 0.15) is 22.3 Å². The van der Waals surface area contributed by atoms with Crippen LogP contribution < -0.4 is 0 Å². The summed E-state index contributed by atoms with van der Waals surface area (Å²) in [7, 11) is 0. The minimum atomic E-state index is 0.413. The highest BCUT2D eigenvalue weighted by atomic mass is 15.1. The molecule has 0 aliphatic carbocycles. The molecular formula is C10H10N4. The molecule has 0 aliphatic heterocycles. The van der Waals surface area contributed by atoms with Crippen molar-refractivity contribution in [2.45, 2.75) is 20.8 Å². The van der Waals surface area contributed by atoms with Gasteiger partial charge < -0.3 is 0 Å². The Labute approximate surface area is 82.4 Å². The maximum absolute atomic E-state index is 8.91. The standard InChI is InChI=1S/C10H10N4/c1-6-4-10(13-14-12)9(5-11)8(3)7(6)2/h4H,1-3H3. The van der Waals surface area contributed by atoms with Crippen LogP contribution in [0.25, 0.3) is 10.4 Å². The first-order chi connectivity index (χ1) is 6.61. The third-order valence-electron chi connectivity index (χ3n) is 2.40. The van der Waals surface area contributed by atoms with Crippen LogP contribution in [0, 0.1) is 32.1 Å². The summed E-state index contributed by atoms with van der Waals surface area (Å²) in [4.78, 5) is 2.70. The topological polar surface area (TPSA) is 72.6 Å². The molecule has 0 aliphatic rings. The number of hydrogen-bond acceptors (Lipinski definition) is 2. The van der Waals surface area contributed by atoms with Crippen molar-refractivity contribution in [3.8, 4) is 6.07 Å². The predicted octanol–water partition coefficient (Wildman–Crippen LogP) is 3.43. The van der Waals surface area contributed by atoms with Crippen LogP contribution in [0.3, 0.4) is 0 Å². The molecule has 14 heavy (non-hydrogen) atoms. The zero-order valence-corrected chi connectivity index (χ0v) is 8.37. The van der Waals surface area contributed by atoms with Gasteiger partial charge in [0, 0.05) is 4.91 Å². The number of aryl methyl sites for hydroxylation is 1. The highest BCUT2D eigenvalue weighted by molar-refractivity contribution is 5.61. The van der Waals surface area contributed by atoms with Gasteiger partial charge in [-0.25, -0.2) is 0 Å². The van der Waals surface area contributed by atoms with Crippen LogP contribution in [0.2, 0.25) is 0 Å². The maximum Gasteiger partial charge on any atom is 0.0999 e. The van der Waals surface area contributed by atoms with Crippen LogP contribution in [0.5, 0.6) is 0 Å². The lowest BCUT2D eigenvalue weighted by Crippen LogP contribution is -1.91. The molecule has 0 saturated carbocycles. The van der Waals surface area contributed by atoms with Gasteiger partial charge in [0.2, 0.25) is 0 Å². The molecule has 0 radical (unpaired) electrons. The third-order valence-corrected chi connectivity index (χ3v) is 2.40. The van der Waals surface area contributed by atoms with E-state index in [1.165, 1.54) is 0 Å². The minimum Gasteiger partial charge on any atom is -0.192 e. The summed E-state index contributed by atoms with van der Waals surface area (Å²) < 4.78 is 0. The summed E-state index contributed by atoms with van der Waals surface area (Å²) in [6, 6.07) is 3.79. The predicted molar refractivity (Wildman–Crippen MR) is 54.2 cm³/mol. The Morgan fingerprint density at radius 2 is 2.00 bits per heavy atom. The second kappa shape index (κ2) is 3.82. The van der Waals surface area contributed by atoms with Crippen molar-refractivity contribution in [3.05, 3.63) is 38.8 Å². The number of benzene rings is 1. The number of nitrogens with zero attached hydrogens (tertiary/aromatic N) is 4. The van der Waals surface area contributed by atoms with E-state index in [0.717, 1.165) is 16.7 Å². The highest BCUT2D eigenvalue weighted by Crippen LogP contribution is 2.27. The van der Waals surface area contributed by atoms with Gasteiger partial charge in [-0.05, 0) is 49.1 Å². The molecule has 0 atom stereocenters. The molecule has 1 aromatic carbocycles. The first-order valence-electron chi connectivity index (χ1n) is 4.17. The Kier molecular flexibility index (Phi) is 2.76. The van der Waals surface area contributed by atoms with Crippen molar-refractivity contribution in [3.63, 3.8) is 0 Å². The van der Waals surface area contributed by atoms with E-state index in [9.17, 15) is 0 Å². The zero-order valence-electron chi connectivity index (χ0n) is 8.37. The maximum atomic E-state index is 8.91. The van der Waals surface area contributed by atoms with Gasteiger partial charge in [0.25, 0.3) is 0 Å². The second-order valence-corrected chi connectivity index (χ2v) is 3.14. The van der Waals surface area contributed by atoms with Gasteiger partial charge in [-0.1, -0.05) is 5.11 Å². The number of nitriles is 1. The molecule has 0 unspecified atom stereocenters. The molecule has 0 saturated heterocycles. The molecule has 0 heterocycles. The highest BCUT2D eigenvalue weighted by Gasteiger charge is 2.08. The fourth-order valence-electron chi connectivity index (χ4n) is 1.33. The van der Waals surface area contributed by atoms with E-state index in [1.54, 1.807) is 6.07 Å². The van der Waals surface area contributed by atoms with E-state index in [4.69, 9.17) is 10.8 Å². The van der Waals surface area contributed by atoms with Crippen molar-refractivity contribution in [2.75, 3.05) is 0 Å². The summed E-state index contributed by atoms with van der Waals surface area (Å²) in [6.45, 7) is 5.74. The van der Waals surface area contributed by atoms with Crippen molar-refractivity contribution < 1.29 is 0 Å². The lowest BCUT2D eigenvalue weighted by Gasteiger charge is -2.08. The summed E-state index contributed by atoms with van der Waals surface area (Å²) in [5.74, 6) is 0. The van der Waals surface area contributed by atoms with Gasteiger partial charge in [-0.15, -0.1) is 0 Å². The van der Waals surface area contributed by atoms with Gasteiger partial charge in [-0.2, -0.15) is 5.26 Å². The van der Waals surface area contributed by atoms with Crippen molar-refractivity contribution in [1.82, 2.24) is 0 Å². The van der Waals surface area contributed by atoms with Crippen LogP contribution in [0.15, 0.2) is 11.2 Å². The van der Waals surface area contributed by atoms with E-state index in [2.05, 4.69) is 16.1 Å². The van der Waals surface area contributed by atoms with Crippen LogP contribution in [-0.4, -0.2) is 0 Å². The van der Waals surface area contributed by atoms with Crippen LogP contribution in [0.4, 0.5) is 5.69 Å².